The molecule has 7 nitrogen and oxygen atoms in total. The Kier molecular flexibility index (Phi) is 7.39. The summed E-state index contributed by atoms with van der Waals surface area (Å²) in [6.45, 7) is -0.259. The Morgan fingerprint density at radius 2 is 0.970 bits per heavy atom. The molecule has 5 heterocycles. The molecule has 14 rings (SSSR count). The molecule has 0 fully saturated rings. The molecule has 13 aromatic rings. The van der Waals surface area contributed by atoms with Gasteiger partial charge in [0.2, 0.25) is 11.6 Å². The number of hydrogen-bond acceptors (Lipinski definition) is 3. The van der Waals surface area contributed by atoms with E-state index >= 15 is 0 Å². The molecular weight excluding hydrogens is 853 g/mol. The smallest absolute Gasteiger partial charge is 0.220 e. The van der Waals surface area contributed by atoms with Crippen molar-refractivity contribution in [2.75, 3.05) is 0 Å². The zero-order valence-electron chi connectivity index (χ0n) is 39.4. The van der Waals surface area contributed by atoms with Crippen molar-refractivity contribution in [3.8, 4) is 22.9 Å². The lowest BCUT2D eigenvalue weighted by Crippen LogP contribution is -2.75. The van der Waals surface area contributed by atoms with Crippen molar-refractivity contribution in [3.05, 3.63) is 218 Å². The third kappa shape index (κ3) is 5.26. The lowest BCUT2D eigenvalue weighted by molar-refractivity contribution is 0.490. The molecule has 0 saturated heterocycles. The summed E-state index contributed by atoms with van der Waals surface area (Å²) in [7, 11) is -6.80. The van der Waals surface area contributed by atoms with Gasteiger partial charge in [0.15, 0.2) is 8.07 Å². The van der Waals surface area contributed by atoms with Gasteiger partial charge in [-0.2, -0.15) is 0 Å². The van der Waals surface area contributed by atoms with Crippen LogP contribution in [0.15, 0.2) is 218 Å². The van der Waals surface area contributed by atoms with E-state index in [-0.39, 0.29) is 0 Å². The van der Waals surface area contributed by atoms with Crippen LogP contribution in [0, 0.1) is 0 Å². The Bertz CT molecular complexity index is 4210. The second-order valence-corrected chi connectivity index (χ2v) is 24.8. The fourth-order valence-electron chi connectivity index (χ4n) is 11.2. The third-order valence-corrected chi connectivity index (χ3v) is 21.8. The molecule has 67 heavy (non-hydrogen) atoms. The minimum Gasteiger partial charge on any atom is -0.458 e. The highest BCUT2D eigenvalue weighted by atomic mass is 28.3. The molecule has 0 radical (unpaired) electrons. The average Bonchev–Trinajstić information content (AvgIpc) is 4.14. The number of aromatic nitrogens is 6. The standard InChI is InChI=1S/C58H42N6OSi2/c1-66(2)53-32-16-15-31-52(53)65-56-54(66)33-18-34-55(56)67(41-20-5-3-6-21-41,42-22-7-4-8-23-42)43-24-17-19-39(37-43)61-50-36-35-40(38-51(50)64-47-28-12-10-26-45(47)60-58(61)64)62-48-29-13-14-30-49(48)63-46-27-11-9-25-44(46)59-57(62)63/h3-38H,1-2H3/i1D3. The van der Waals surface area contributed by atoms with E-state index in [0.717, 1.165) is 98.2 Å². The summed E-state index contributed by atoms with van der Waals surface area (Å²) in [5.41, 5.74) is 10.0. The monoisotopic (exact) mass is 897 g/mol. The molecule has 1 aliphatic heterocycles. The van der Waals surface area contributed by atoms with Crippen LogP contribution in [0.1, 0.15) is 4.11 Å². The third-order valence-electron chi connectivity index (χ3n) is 14.1. The molecule has 9 heteroatoms. The first-order chi connectivity index (χ1) is 34.2. The first-order valence-corrected chi connectivity index (χ1v) is 27.2. The number of nitrogens with zero attached hydrogens (tertiary/aromatic N) is 6. The molecule has 1 aliphatic rings. The predicted octanol–water partition coefficient (Wildman–Crippen LogP) is 9.48. The maximum absolute atomic E-state index is 9.17. The number of rotatable bonds is 6. The summed E-state index contributed by atoms with van der Waals surface area (Å²) >= 11 is 0. The predicted molar refractivity (Wildman–Crippen MR) is 280 cm³/mol. The van der Waals surface area contributed by atoms with E-state index in [2.05, 4.69) is 194 Å². The van der Waals surface area contributed by atoms with Crippen LogP contribution in [-0.2, 0) is 0 Å². The van der Waals surface area contributed by atoms with Crippen molar-refractivity contribution in [2.45, 2.75) is 13.0 Å². The molecule has 0 spiro atoms. The number of ether oxygens (including phenoxy) is 1. The molecule has 0 saturated carbocycles. The molecule has 9 aromatic carbocycles. The van der Waals surface area contributed by atoms with E-state index in [1.165, 1.54) is 0 Å². The van der Waals surface area contributed by atoms with Crippen LogP contribution in [-0.4, -0.2) is 44.1 Å². The Hall–Kier alpha value is -8.25. The SMILES string of the molecule is [2H]C([2H])([2H])[Si]1(C)c2ccccc2Oc2c([Si](c3ccccc3)(c3ccccc3)c3cccc(-n4c5ccc(-n6c7ccccc7n7c8ccccc8nc67)cc5n5c6ccccc6nc45)c3)cccc21. The molecule has 318 valence electrons. The van der Waals surface area contributed by atoms with Crippen LogP contribution in [0.3, 0.4) is 0 Å². The van der Waals surface area contributed by atoms with Crippen LogP contribution in [0.2, 0.25) is 13.0 Å². The first kappa shape index (κ1) is 35.1. The van der Waals surface area contributed by atoms with Gasteiger partial charge in [-0.05, 0) is 104 Å². The van der Waals surface area contributed by atoms with Gasteiger partial charge in [-0.25, -0.2) is 9.97 Å². The number of para-hydroxylation sites is 8. The topological polar surface area (TPSA) is 53.7 Å². The van der Waals surface area contributed by atoms with Gasteiger partial charge in [-0.3, -0.25) is 17.9 Å². The van der Waals surface area contributed by atoms with Crippen molar-refractivity contribution in [1.29, 1.82) is 0 Å². The maximum Gasteiger partial charge on any atom is 0.220 e. The highest BCUT2D eigenvalue weighted by Crippen LogP contribution is 2.35. The van der Waals surface area contributed by atoms with E-state index in [1.54, 1.807) is 0 Å². The number of imidazole rings is 4. The Morgan fingerprint density at radius 3 is 1.66 bits per heavy atom. The largest absolute Gasteiger partial charge is 0.458 e. The highest BCUT2D eigenvalue weighted by molar-refractivity contribution is 7.20. The van der Waals surface area contributed by atoms with Crippen LogP contribution >= 0.6 is 0 Å². The number of fused-ring (bicyclic) bond motifs is 12. The first-order valence-electron chi connectivity index (χ1n) is 24.2. The van der Waals surface area contributed by atoms with Crippen LogP contribution in [0.4, 0.5) is 0 Å². The fourth-order valence-corrected chi connectivity index (χ4v) is 18.6. The molecular formula is C58H42N6OSi2. The van der Waals surface area contributed by atoms with Gasteiger partial charge >= 0.3 is 0 Å². The molecule has 1 atom stereocenters. The Labute approximate surface area is 392 Å². The summed E-state index contributed by atoms with van der Waals surface area (Å²) < 4.78 is 43.7. The molecule has 0 amide bonds. The zero-order valence-corrected chi connectivity index (χ0v) is 38.4. The maximum atomic E-state index is 9.17. The van der Waals surface area contributed by atoms with Crippen LogP contribution < -0.4 is 35.9 Å². The van der Waals surface area contributed by atoms with Gasteiger partial charge in [-0.1, -0.05) is 159 Å². The van der Waals surface area contributed by atoms with E-state index in [1.807, 2.05) is 49.0 Å². The van der Waals surface area contributed by atoms with E-state index in [0.29, 0.717) is 11.5 Å². The van der Waals surface area contributed by atoms with Crippen LogP contribution in [0.5, 0.6) is 11.5 Å². The van der Waals surface area contributed by atoms with Gasteiger partial charge in [0.1, 0.15) is 19.6 Å². The minimum absolute atomic E-state index is 0.618. The van der Waals surface area contributed by atoms with E-state index < -0.39 is 22.6 Å². The fraction of sp³-hybridized carbons (Fsp3) is 0.0345. The molecule has 0 N–H and O–H groups in total. The lowest BCUT2D eigenvalue weighted by atomic mass is 10.2. The van der Waals surface area contributed by atoms with Crippen molar-refractivity contribution in [2.24, 2.45) is 0 Å². The lowest BCUT2D eigenvalue weighted by Gasteiger charge is -2.40. The van der Waals surface area contributed by atoms with E-state index in [9.17, 15) is 0 Å². The van der Waals surface area contributed by atoms with Gasteiger partial charge in [0.05, 0.1) is 49.8 Å². The Balaban J connectivity index is 1.05. The summed E-state index contributed by atoms with van der Waals surface area (Å²) in [6.07, 6.45) is 0. The van der Waals surface area contributed by atoms with Gasteiger partial charge in [0.25, 0.3) is 0 Å². The van der Waals surface area contributed by atoms with Gasteiger partial charge in [-0.15, -0.1) is 0 Å². The number of hydrogen-bond donors (Lipinski definition) is 0. The van der Waals surface area contributed by atoms with Crippen molar-refractivity contribution >= 4 is 103 Å². The van der Waals surface area contributed by atoms with Crippen molar-refractivity contribution in [3.63, 3.8) is 0 Å². The summed E-state index contributed by atoms with van der Waals surface area (Å²) in [5.74, 6) is 2.92. The normalized spacial score (nSPS) is 15.7. The van der Waals surface area contributed by atoms with Gasteiger partial charge < -0.3 is 4.74 Å². The molecule has 4 aromatic heterocycles. The second-order valence-electron chi connectivity index (χ2n) is 17.7. The second kappa shape index (κ2) is 14.1. The quantitative estimate of drug-likeness (QED) is 0.124. The summed E-state index contributed by atoms with van der Waals surface area (Å²) in [5, 5.41) is 6.02. The molecule has 0 aliphatic carbocycles. The highest BCUT2D eigenvalue weighted by Gasteiger charge is 2.47. The van der Waals surface area contributed by atoms with Crippen LogP contribution in [0.25, 0.3) is 67.1 Å². The zero-order chi connectivity index (χ0) is 46.9. The molecule has 0 bridgehead atoms. The number of benzene rings is 9. The molecule has 1 unspecified atom stereocenters. The Morgan fingerprint density at radius 1 is 0.448 bits per heavy atom. The average molecular weight is 898 g/mol. The van der Waals surface area contributed by atoms with Gasteiger partial charge in [0, 0.05) is 9.80 Å². The minimum atomic E-state index is -3.41. The van der Waals surface area contributed by atoms with Crippen molar-refractivity contribution < 1.29 is 8.85 Å². The summed E-state index contributed by atoms with van der Waals surface area (Å²) in [6, 6.07) is 76.3. The van der Waals surface area contributed by atoms with E-state index in [4.69, 9.17) is 18.8 Å². The summed E-state index contributed by atoms with van der Waals surface area (Å²) in [4.78, 5) is 10.6. The van der Waals surface area contributed by atoms with Crippen molar-refractivity contribution in [1.82, 2.24) is 27.9 Å².